The summed E-state index contributed by atoms with van der Waals surface area (Å²) in [6.45, 7) is 3.83. The van der Waals surface area contributed by atoms with Gasteiger partial charge in [0.05, 0.1) is 17.5 Å². The number of benzene rings is 2. The van der Waals surface area contributed by atoms with Gasteiger partial charge in [0, 0.05) is 12.1 Å². The van der Waals surface area contributed by atoms with Gasteiger partial charge >= 0.3 is 0 Å². The molecule has 0 aliphatic carbocycles. The summed E-state index contributed by atoms with van der Waals surface area (Å²) in [5, 5.41) is 5.44. The molecule has 0 saturated carbocycles. The number of para-hydroxylation sites is 2. The van der Waals surface area contributed by atoms with Crippen molar-refractivity contribution in [3.8, 4) is 5.75 Å². The molecule has 144 valence electrons. The van der Waals surface area contributed by atoms with Crippen LogP contribution in [0.3, 0.4) is 0 Å². The number of hydrogen-bond donors (Lipinski definition) is 2. The summed E-state index contributed by atoms with van der Waals surface area (Å²) in [5.41, 5.74) is 0.546. The maximum absolute atomic E-state index is 13.7. The Morgan fingerprint density at radius 3 is 2.57 bits per heavy atom. The highest BCUT2D eigenvalue weighted by molar-refractivity contribution is 6.03. The minimum Gasteiger partial charge on any atom is -0.489 e. The van der Waals surface area contributed by atoms with Gasteiger partial charge in [-0.1, -0.05) is 12.1 Å². The molecule has 2 aromatic carbocycles. The van der Waals surface area contributed by atoms with Crippen molar-refractivity contribution >= 4 is 23.1 Å². The van der Waals surface area contributed by atoms with E-state index in [0.717, 1.165) is 12.1 Å². The molecule has 0 radical (unpaired) electrons. The van der Waals surface area contributed by atoms with E-state index < -0.39 is 17.5 Å². The average Bonchev–Trinajstić information content (AvgIpc) is 2.65. The fourth-order valence-corrected chi connectivity index (χ4v) is 2.39. The molecule has 0 aliphatic rings. The molecule has 0 unspecified atom stereocenters. The van der Waals surface area contributed by atoms with Crippen LogP contribution in [0.25, 0.3) is 0 Å². The first-order valence-electron chi connectivity index (χ1n) is 8.53. The highest BCUT2D eigenvalue weighted by Crippen LogP contribution is 2.27. The fourth-order valence-electron chi connectivity index (χ4n) is 2.39. The molecule has 6 nitrogen and oxygen atoms in total. The second kappa shape index (κ2) is 8.43. The number of ether oxygens (including phenoxy) is 1. The molecule has 2 N–H and O–H groups in total. The minimum absolute atomic E-state index is 0.0136. The first kappa shape index (κ1) is 19.2. The van der Waals surface area contributed by atoms with Gasteiger partial charge in [0.1, 0.15) is 35.2 Å². The minimum atomic E-state index is -0.875. The number of anilines is 3. The molecule has 0 fully saturated rings. The Bertz CT molecular complexity index is 995. The van der Waals surface area contributed by atoms with Gasteiger partial charge in [0.15, 0.2) is 0 Å². The number of aromatic nitrogens is 2. The van der Waals surface area contributed by atoms with Crippen LogP contribution in [-0.4, -0.2) is 22.0 Å². The van der Waals surface area contributed by atoms with Crippen LogP contribution in [0.4, 0.5) is 26.0 Å². The fraction of sp³-hybridized carbons (Fsp3) is 0.150. The largest absolute Gasteiger partial charge is 0.489 e. The van der Waals surface area contributed by atoms with Gasteiger partial charge in [-0.25, -0.2) is 18.7 Å². The van der Waals surface area contributed by atoms with E-state index in [1.165, 1.54) is 12.4 Å². The lowest BCUT2D eigenvalue weighted by molar-refractivity contribution is 0.102. The van der Waals surface area contributed by atoms with E-state index in [1.807, 2.05) is 38.1 Å². The standard InChI is InChI=1S/C20H18F2N4O2/c1-12(2)28-18-6-4-3-5-16(18)25-19-10-17(23-11-24-19)20(27)26-15-8-7-13(21)9-14(15)22/h3-12H,1-2H3,(H,26,27)(H,23,24,25). The predicted octanol–water partition coefficient (Wildman–Crippen LogP) is 4.54. The molecule has 3 aromatic rings. The number of carbonyl (C=O) groups excluding carboxylic acids is 1. The molecular formula is C20H18F2N4O2. The number of nitrogens with zero attached hydrogens (tertiary/aromatic N) is 2. The highest BCUT2D eigenvalue weighted by atomic mass is 19.1. The van der Waals surface area contributed by atoms with Crippen LogP contribution in [0.1, 0.15) is 24.3 Å². The second-order valence-corrected chi connectivity index (χ2v) is 6.15. The zero-order chi connectivity index (χ0) is 20.1. The molecule has 8 heteroatoms. The smallest absolute Gasteiger partial charge is 0.274 e. The lowest BCUT2D eigenvalue weighted by atomic mass is 10.2. The number of amides is 1. The molecule has 3 rings (SSSR count). The monoisotopic (exact) mass is 384 g/mol. The second-order valence-electron chi connectivity index (χ2n) is 6.15. The molecular weight excluding hydrogens is 366 g/mol. The third-order valence-electron chi connectivity index (χ3n) is 3.59. The van der Waals surface area contributed by atoms with Crippen LogP contribution < -0.4 is 15.4 Å². The van der Waals surface area contributed by atoms with Crippen molar-refractivity contribution in [1.29, 1.82) is 0 Å². The highest BCUT2D eigenvalue weighted by Gasteiger charge is 2.13. The summed E-state index contributed by atoms with van der Waals surface area (Å²) in [6, 6.07) is 11.6. The van der Waals surface area contributed by atoms with E-state index in [1.54, 1.807) is 0 Å². The molecule has 1 heterocycles. The van der Waals surface area contributed by atoms with Gasteiger partial charge in [-0.05, 0) is 38.1 Å². The van der Waals surface area contributed by atoms with E-state index in [2.05, 4.69) is 20.6 Å². The van der Waals surface area contributed by atoms with Crippen LogP contribution in [0, 0.1) is 11.6 Å². The molecule has 1 amide bonds. The number of hydrogen-bond acceptors (Lipinski definition) is 5. The number of halogens is 2. The van der Waals surface area contributed by atoms with Crippen molar-refractivity contribution in [2.75, 3.05) is 10.6 Å². The first-order valence-corrected chi connectivity index (χ1v) is 8.53. The quantitative estimate of drug-likeness (QED) is 0.653. The van der Waals surface area contributed by atoms with Gasteiger partial charge in [0.25, 0.3) is 5.91 Å². The normalized spacial score (nSPS) is 10.6. The lowest BCUT2D eigenvalue weighted by Gasteiger charge is -2.15. The summed E-state index contributed by atoms with van der Waals surface area (Å²) in [7, 11) is 0. The van der Waals surface area contributed by atoms with Crippen LogP contribution in [0.5, 0.6) is 5.75 Å². The Morgan fingerprint density at radius 2 is 1.82 bits per heavy atom. The maximum Gasteiger partial charge on any atom is 0.274 e. The van der Waals surface area contributed by atoms with E-state index in [4.69, 9.17) is 4.74 Å². The molecule has 0 saturated heterocycles. The topological polar surface area (TPSA) is 76.1 Å². The molecule has 0 atom stereocenters. The molecule has 28 heavy (non-hydrogen) atoms. The summed E-state index contributed by atoms with van der Waals surface area (Å²) in [6.07, 6.45) is 1.20. The van der Waals surface area contributed by atoms with Crippen molar-refractivity contribution in [2.45, 2.75) is 20.0 Å². The van der Waals surface area contributed by atoms with Crippen LogP contribution in [-0.2, 0) is 0 Å². The maximum atomic E-state index is 13.7. The van der Waals surface area contributed by atoms with Gasteiger partial charge in [0.2, 0.25) is 0 Å². The third-order valence-corrected chi connectivity index (χ3v) is 3.59. The van der Waals surface area contributed by atoms with E-state index in [9.17, 15) is 13.6 Å². The number of carbonyl (C=O) groups is 1. The van der Waals surface area contributed by atoms with Gasteiger partial charge in [-0.3, -0.25) is 4.79 Å². The summed E-state index contributed by atoms with van der Waals surface area (Å²) < 4.78 is 32.5. The summed E-state index contributed by atoms with van der Waals surface area (Å²) in [5.74, 6) is -1.26. The van der Waals surface area contributed by atoms with Crippen molar-refractivity contribution in [2.24, 2.45) is 0 Å². The van der Waals surface area contributed by atoms with Crippen LogP contribution >= 0.6 is 0 Å². The summed E-state index contributed by atoms with van der Waals surface area (Å²) in [4.78, 5) is 20.4. The zero-order valence-corrected chi connectivity index (χ0v) is 15.2. The molecule has 1 aromatic heterocycles. The third kappa shape index (κ3) is 4.79. The molecule has 0 aliphatic heterocycles. The summed E-state index contributed by atoms with van der Waals surface area (Å²) >= 11 is 0. The van der Waals surface area contributed by atoms with E-state index >= 15 is 0 Å². The van der Waals surface area contributed by atoms with E-state index in [-0.39, 0.29) is 17.5 Å². The van der Waals surface area contributed by atoms with Crippen LogP contribution in [0.2, 0.25) is 0 Å². The van der Waals surface area contributed by atoms with Crippen molar-refractivity contribution in [1.82, 2.24) is 9.97 Å². The van der Waals surface area contributed by atoms with Gasteiger partial charge in [-0.2, -0.15) is 0 Å². The van der Waals surface area contributed by atoms with Crippen molar-refractivity contribution in [3.63, 3.8) is 0 Å². The molecule has 0 bridgehead atoms. The predicted molar refractivity (Wildman–Crippen MR) is 102 cm³/mol. The Hall–Kier alpha value is -3.55. The average molecular weight is 384 g/mol. The van der Waals surface area contributed by atoms with Crippen molar-refractivity contribution in [3.05, 3.63) is 72.2 Å². The zero-order valence-electron chi connectivity index (χ0n) is 15.2. The van der Waals surface area contributed by atoms with Gasteiger partial charge < -0.3 is 15.4 Å². The first-order chi connectivity index (χ1) is 13.4. The van der Waals surface area contributed by atoms with Gasteiger partial charge in [-0.15, -0.1) is 0 Å². The Balaban J connectivity index is 1.78. The molecule has 0 spiro atoms. The number of rotatable bonds is 6. The lowest BCUT2D eigenvalue weighted by Crippen LogP contribution is -2.15. The Kier molecular flexibility index (Phi) is 5.78. The van der Waals surface area contributed by atoms with E-state index in [0.29, 0.717) is 23.3 Å². The van der Waals surface area contributed by atoms with Crippen LogP contribution in [0.15, 0.2) is 54.9 Å². The number of nitrogens with one attached hydrogen (secondary N) is 2. The Labute approximate surface area is 160 Å². The van der Waals surface area contributed by atoms with Crippen molar-refractivity contribution < 1.29 is 18.3 Å². The SMILES string of the molecule is CC(C)Oc1ccccc1Nc1cc(C(=O)Nc2ccc(F)cc2F)ncn1. The Morgan fingerprint density at radius 1 is 1.04 bits per heavy atom.